The van der Waals surface area contributed by atoms with Crippen molar-refractivity contribution >= 4 is 45.6 Å². The van der Waals surface area contributed by atoms with Crippen LogP contribution in [0.4, 0.5) is 5.13 Å². The number of carbonyl (C=O) groups is 1. The van der Waals surface area contributed by atoms with E-state index in [1.54, 1.807) is 0 Å². The van der Waals surface area contributed by atoms with Crippen molar-refractivity contribution in [3.05, 3.63) is 44.9 Å². The van der Waals surface area contributed by atoms with Gasteiger partial charge in [-0.05, 0) is 24.6 Å². The maximum Gasteiger partial charge on any atom is 0.351 e. The Bertz CT molecular complexity index is 660. The Hall–Kier alpha value is -1.30. The molecule has 7 heteroatoms. The van der Waals surface area contributed by atoms with Crippen molar-refractivity contribution in [1.82, 2.24) is 4.98 Å². The van der Waals surface area contributed by atoms with Gasteiger partial charge in [0.25, 0.3) is 0 Å². The first-order valence-corrected chi connectivity index (χ1v) is 7.74. The number of aromatic nitrogens is 1. The van der Waals surface area contributed by atoms with E-state index < -0.39 is 5.97 Å². The maximum absolute atomic E-state index is 11.6. The number of thiazole rings is 1. The summed E-state index contributed by atoms with van der Waals surface area (Å²) in [6, 6.07) is 7.66. The summed E-state index contributed by atoms with van der Waals surface area (Å²) in [6.45, 7) is 2.03. The molecule has 0 spiro atoms. The third-order valence-corrected chi connectivity index (χ3v) is 4.91. The van der Waals surface area contributed by atoms with Gasteiger partial charge < -0.3 is 9.64 Å². The predicted octanol–water partition coefficient (Wildman–Crippen LogP) is 4.43. The molecule has 112 valence electrons. The number of ether oxygens (including phenoxy) is 1. The second-order valence-corrected chi connectivity index (χ2v) is 6.22. The van der Waals surface area contributed by atoms with Crippen LogP contribution in [0.5, 0.6) is 0 Å². The van der Waals surface area contributed by atoms with E-state index in [0.29, 0.717) is 15.0 Å². The first-order chi connectivity index (χ1) is 9.93. The van der Waals surface area contributed by atoms with E-state index in [1.165, 1.54) is 18.4 Å². The number of carbonyl (C=O) groups excluding carboxylic acids is 1. The molecular weight excluding hydrogens is 331 g/mol. The SMILES string of the molecule is COC(=O)c1sc(N(C)C(C)c2cccc(Cl)c2)nc1Cl. The minimum absolute atomic E-state index is 0.0383. The molecular formula is C14H14Cl2N2O2S. The van der Waals surface area contributed by atoms with Crippen LogP contribution in [0, 0.1) is 0 Å². The minimum atomic E-state index is -0.479. The molecule has 0 fully saturated rings. The van der Waals surface area contributed by atoms with Gasteiger partial charge in [-0.15, -0.1) is 0 Å². The highest BCUT2D eigenvalue weighted by molar-refractivity contribution is 7.18. The molecule has 0 amide bonds. The van der Waals surface area contributed by atoms with E-state index in [9.17, 15) is 4.79 Å². The van der Waals surface area contributed by atoms with Crippen molar-refractivity contribution in [1.29, 1.82) is 0 Å². The average molecular weight is 345 g/mol. The Labute approximate surface area is 137 Å². The van der Waals surface area contributed by atoms with Crippen molar-refractivity contribution in [2.24, 2.45) is 0 Å². The Morgan fingerprint density at radius 2 is 2.14 bits per heavy atom. The molecule has 0 saturated carbocycles. The predicted molar refractivity (Wildman–Crippen MR) is 86.7 cm³/mol. The first-order valence-electron chi connectivity index (χ1n) is 6.17. The zero-order valence-corrected chi connectivity index (χ0v) is 14.1. The number of anilines is 1. The third kappa shape index (κ3) is 3.48. The molecule has 0 bridgehead atoms. The zero-order valence-electron chi connectivity index (χ0n) is 11.8. The summed E-state index contributed by atoms with van der Waals surface area (Å²) >= 11 is 13.2. The van der Waals surface area contributed by atoms with Gasteiger partial charge in [-0.1, -0.05) is 46.7 Å². The number of rotatable bonds is 4. The maximum atomic E-state index is 11.6. The Kier molecular flexibility index (Phi) is 5.08. The monoisotopic (exact) mass is 344 g/mol. The van der Waals surface area contributed by atoms with Crippen LogP contribution in [-0.4, -0.2) is 25.1 Å². The largest absolute Gasteiger partial charge is 0.465 e. The van der Waals surface area contributed by atoms with E-state index >= 15 is 0 Å². The summed E-state index contributed by atoms with van der Waals surface area (Å²) in [5, 5.41) is 1.49. The van der Waals surface area contributed by atoms with Crippen LogP contribution >= 0.6 is 34.5 Å². The standard InChI is InChI=1S/C14H14Cl2N2O2S/c1-8(9-5-4-6-10(15)7-9)18(2)14-17-12(16)11(21-14)13(19)20-3/h4-8H,1-3H3. The minimum Gasteiger partial charge on any atom is -0.465 e. The molecule has 0 aliphatic carbocycles. The van der Waals surface area contributed by atoms with Gasteiger partial charge in [-0.25, -0.2) is 9.78 Å². The Morgan fingerprint density at radius 3 is 2.76 bits per heavy atom. The van der Waals surface area contributed by atoms with Gasteiger partial charge in [0.05, 0.1) is 13.2 Å². The van der Waals surface area contributed by atoms with Gasteiger partial charge in [0.2, 0.25) is 0 Å². The molecule has 0 radical (unpaired) electrons. The van der Waals surface area contributed by atoms with Crippen molar-refractivity contribution < 1.29 is 9.53 Å². The number of hydrogen-bond donors (Lipinski definition) is 0. The Balaban J connectivity index is 2.27. The molecule has 1 aromatic heterocycles. The summed E-state index contributed by atoms with van der Waals surface area (Å²) in [5.41, 5.74) is 1.05. The fourth-order valence-corrected chi connectivity index (χ4v) is 3.26. The summed E-state index contributed by atoms with van der Waals surface area (Å²) < 4.78 is 4.68. The van der Waals surface area contributed by atoms with Gasteiger partial charge in [0, 0.05) is 12.1 Å². The molecule has 4 nitrogen and oxygen atoms in total. The molecule has 0 aliphatic rings. The lowest BCUT2D eigenvalue weighted by atomic mass is 10.1. The summed E-state index contributed by atoms with van der Waals surface area (Å²) in [7, 11) is 3.21. The van der Waals surface area contributed by atoms with Gasteiger partial charge >= 0.3 is 5.97 Å². The quantitative estimate of drug-likeness (QED) is 0.769. The summed E-state index contributed by atoms with van der Waals surface area (Å²) in [6.07, 6.45) is 0. The van der Waals surface area contributed by atoms with Crippen LogP contribution in [0.15, 0.2) is 24.3 Å². The van der Waals surface area contributed by atoms with Crippen LogP contribution in [0.25, 0.3) is 0 Å². The number of esters is 1. The number of benzene rings is 1. The molecule has 0 N–H and O–H groups in total. The van der Waals surface area contributed by atoms with Gasteiger partial charge in [0.15, 0.2) is 15.2 Å². The van der Waals surface area contributed by atoms with Crippen LogP contribution in [0.3, 0.4) is 0 Å². The van der Waals surface area contributed by atoms with Crippen LogP contribution < -0.4 is 4.90 Å². The summed E-state index contributed by atoms with van der Waals surface area (Å²) in [4.78, 5) is 18.1. The van der Waals surface area contributed by atoms with Crippen molar-refractivity contribution in [2.75, 3.05) is 19.1 Å². The topological polar surface area (TPSA) is 42.4 Å². The van der Waals surface area contributed by atoms with Crippen LogP contribution in [-0.2, 0) is 4.74 Å². The van der Waals surface area contributed by atoms with Crippen molar-refractivity contribution in [3.8, 4) is 0 Å². The highest BCUT2D eigenvalue weighted by Crippen LogP contribution is 2.34. The van der Waals surface area contributed by atoms with E-state index in [2.05, 4.69) is 9.72 Å². The lowest BCUT2D eigenvalue weighted by molar-refractivity contribution is 0.0606. The van der Waals surface area contributed by atoms with E-state index in [0.717, 1.165) is 5.56 Å². The third-order valence-electron chi connectivity index (χ3n) is 3.16. The molecule has 1 aromatic carbocycles. The van der Waals surface area contributed by atoms with Crippen LogP contribution in [0.2, 0.25) is 10.2 Å². The van der Waals surface area contributed by atoms with Crippen LogP contribution in [0.1, 0.15) is 28.2 Å². The molecule has 0 saturated heterocycles. The Morgan fingerprint density at radius 1 is 1.43 bits per heavy atom. The lowest BCUT2D eigenvalue weighted by Crippen LogP contribution is -2.21. The van der Waals surface area contributed by atoms with Crippen molar-refractivity contribution in [2.45, 2.75) is 13.0 Å². The second-order valence-electron chi connectivity index (χ2n) is 4.45. The highest BCUT2D eigenvalue weighted by Gasteiger charge is 2.22. The lowest BCUT2D eigenvalue weighted by Gasteiger charge is -2.24. The van der Waals surface area contributed by atoms with Gasteiger partial charge in [-0.2, -0.15) is 0 Å². The van der Waals surface area contributed by atoms with E-state index in [1.807, 2.05) is 43.1 Å². The summed E-state index contributed by atoms with van der Waals surface area (Å²) in [5.74, 6) is -0.479. The molecule has 1 unspecified atom stereocenters. The molecule has 2 rings (SSSR count). The highest BCUT2D eigenvalue weighted by atomic mass is 35.5. The smallest absolute Gasteiger partial charge is 0.351 e. The molecule has 1 heterocycles. The average Bonchev–Trinajstić information content (AvgIpc) is 2.87. The molecule has 1 atom stereocenters. The number of halogens is 2. The fourth-order valence-electron chi connectivity index (χ4n) is 1.82. The molecule has 21 heavy (non-hydrogen) atoms. The zero-order chi connectivity index (χ0) is 15.6. The van der Waals surface area contributed by atoms with Gasteiger partial charge in [-0.3, -0.25) is 0 Å². The van der Waals surface area contributed by atoms with Crippen molar-refractivity contribution in [3.63, 3.8) is 0 Å². The molecule has 0 aliphatic heterocycles. The first kappa shape index (κ1) is 16.1. The fraction of sp³-hybridized carbons (Fsp3) is 0.286. The number of methoxy groups -OCH3 is 1. The number of nitrogens with zero attached hydrogens (tertiary/aromatic N) is 2. The van der Waals surface area contributed by atoms with E-state index in [4.69, 9.17) is 23.2 Å². The number of hydrogen-bond acceptors (Lipinski definition) is 5. The molecule has 2 aromatic rings. The normalized spacial score (nSPS) is 12.0. The second kappa shape index (κ2) is 6.64. The van der Waals surface area contributed by atoms with Gasteiger partial charge in [0.1, 0.15) is 0 Å². The van der Waals surface area contributed by atoms with E-state index in [-0.39, 0.29) is 11.2 Å².